The first kappa shape index (κ1) is 21.0. The summed E-state index contributed by atoms with van der Waals surface area (Å²) in [6.45, 7) is 2.53. The number of nitrogens with one attached hydrogen (secondary N) is 2. The van der Waals surface area contributed by atoms with E-state index in [0.29, 0.717) is 0 Å². The Kier molecular flexibility index (Phi) is 13.0. The third kappa shape index (κ3) is 9.09. The molecule has 1 aromatic rings. The summed E-state index contributed by atoms with van der Waals surface area (Å²) in [5, 5.41) is 6.57. The van der Waals surface area contributed by atoms with Gasteiger partial charge < -0.3 is 20.1 Å². The molecule has 0 radical (unpaired) electrons. The zero-order chi connectivity index (χ0) is 15.3. The number of methoxy groups -OCH3 is 2. The largest absolute Gasteiger partial charge is 0.497 e. The van der Waals surface area contributed by atoms with E-state index in [-0.39, 0.29) is 24.0 Å². The quantitative estimate of drug-likeness (QED) is 0.279. The van der Waals surface area contributed by atoms with Crippen LogP contribution >= 0.6 is 24.0 Å². The Labute approximate surface area is 150 Å². The van der Waals surface area contributed by atoms with Crippen molar-refractivity contribution in [3.63, 3.8) is 0 Å². The Morgan fingerprint density at radius 2 is 1.68 bits per heavy atom. The number of hydrogen-bond acceptors (Lipinski definition) is 3. The highest BCUT2D eigenvalue weighted by Crippen LogP contribution is 2.12. The molecule has 6 heteroatoms. The molecule has 0 unspecified atom stereocenters. The highest BCUT2D eigenvalue weighted by Gasteiger charge is 1.98. The summed E-state index contributed by atoms with van der Waals surface area (Å²) in [5.74, 6) is 1.75. The molecule has 0 spiro atoms. The number of guanidine groups is 1. The van der Waals surface area contributed by atoms with E-state index in [0.717, 1.165) is 50.7 Å². The second-order valence-corrected chi connectivity index (χ2v) is 4.72. The zero-order valence-electron chi connectivity index (χ0n) is 13.7. The van der Waals surface area contributed by atoms with Gasteiger partial charge in [0.1, 0.15) is 5.75 Å². The highest BCUT2D eigenvalue weighted by molar-refractivity contribution is 14.0. The van der Waals surface area contributed by atoms with Crippen LogP contribution in [0.4, 0.5) is 0 Å². The zero-order valence-corrected chi connectivity index (χ0v) is 16.1. The van der Waals surface area contributed by atoms with Gasteiger partial charge in [-0.3, -0.25) is 4.99 Å². The molecule has 126 valence electrons. The van der Waals surface area contributed by atoms with Crippen molar-refractivity contribution in [3.8, 4) is 5.75 Å². The maximum absolute atomic E-state index is 5.15. The second kappa shape index (κ2) is 13.6. The smallest absolute Gasteiger partial charge is 0.190 e. The van der Waals surface area contributed by atoms with E-state index < -0.39 is 0 Å². The fourth-order valence-electron chi connectivity index (χ4n) is 1.94. The van der Waals surface area contributed by atoms with E-state index in [2.05, 4.69) is 27.8 Å². The van der Waals surface area contributed by atoms with Gasteiger partial charge in [-0.2, -0.15) is 0 Å². The standard InChI is InChI=1S/C16H27N3O2.HI/c1-17-16(19-12-5-13-20-2)18-11-4-6-14-7-9-15(21-3)10-8-14;/h7-10H,4-6,11-13H2,1-3H3,(H2,17,18,19);1H. The molecule has 0 atom stereocenters. The van der Waals surface area contributed by atoms with Gasteiger partial charge in [0, 0.05) is 33.9 Å². The molecular weight excluding hydrogens is 393 g/mol. The van der Waals surface area contributed by atoms with Gasteiger partial charge in [0.2, 0.25) is 0 Å². The van der Waals surface area contributed by atoms with Gasteiger partial charge in [-0.15, -0.1) is 24.0 Å². The topological polar surface area (TPSA) is 54.9 Å². The van der Waals surface area contributed by atoms with Crippen LogP contribution in [-0.4, -0.2) is 46.9 Å². The van der Waals surface area contributed by atoms with Crippen LogP contribution in [-0.2, 0) is 11.2 Å². The fourth-order valence-corrected chi connectivity index (χ4v) is 1.94. The summed E-state index contributed by atoms with van der Waals surface area (Å²) >= 11 is 0. The molecule has 0 aliphatic heterocycles. The Bertz CT molecular complexity index is 410. The molecule has 0 aliphatic carbocycles. The van der Waals surface area contributed by atoms with Crippen LogP contribution in [0.2, 0.25) is 0 Å². The van der Waals surface area contributed by atoms with Crippen LogP contribution in [0, 0.1) is 0 Å². The van der Waals surface area contributed by atoms with Crippen LogP contribution in [0.5, 0.6) is 5.75 Å². The number of ether oxygens (including phenoxy) is 2. The maximum Gasteiger partial charge on any atom is 0.190 e. The second-order valence-electron chi connectivity index (χ2n) is 4.72. The van der Waals surface area contributed by atoms with E-state index in [4.69, 9.17) is 9.47 Å². The lowest BCUT2D eigenvalue weighted by Gasteiger charge is -2.11. The third-order valence-corrected chi connectivity index (χ3v) is 3.14. The highest BCUT2D eigenvalue weighted by atomic mass is 127. The van der Waals surface area contributed by atoms with Crippen LogP contribution in [0.1, 0.15) is 18.4 Å². The number of halogens is 1. The predicted molar refractivity (Wildman–Crippen MR) is 103 cm³/mol. The van der Waals surface area contributed by atoms with E-state index in [9.17, 15) is 0 Å². The van der Waals surface area contributed by atoms with Gasteiger partial charge in [-0.25, -0.2) is 0 Å². The van der Waals surface area contributed by atoms with Crippen molar-refractivity contribution in [1.29, 1.82) is 0 Å². The van der Waals surface area contributed by atoms with Crippen molar-refractivity contribution < 1.29 is 9.47 Å². The number of hydrogen-bond donors (Lipinski definition) is 2. The van der Waals surface area contributed by atoms with Crippen molar-refractivity contribution >= 4 is 29.9 Å². The van der Waals surface area contributed by atoms with Gasteiger partial charge >= 0.3 is 0 Å². The number of aliphatic imine (C=N–C) groups is 1. The first-order valence-electron chi connectivity index (χ1n) is 7.36. The lowest BCUT2D eigenvalue weighted by molar-refractivity contribution is 0.195. The Hall–Kier alpha value is -1.02. The lowest BCUT2D eigenvalue weighted by Crippen LogP contribution is -2.38. The minimum absolute atomic E-state index is 0. The SMILES string of the molecule is CN=C(NCCCOC)NCCCc1ccc(OC)cc1.I. The van der Waals surface area contributed by atoms with Gasteiger partial charge in [0.15, 0.2) is 5.96 Å². The molecular formula is C16H28IN3O2. The third-order valence-electron chi connectivity index (χ3n) is 3.14. The molecule has 0 heterocycles. The minimum Gasteiger partial charge on any atom is -0.497 e. The number of rotatable bonds is 9. The van der Waals surface area contributed by atoms with Gasteiger partial charge in [-0.05, 0) is 37.0 Å². The summed E-state index contributed by atoms with van der Waals surface area (Å²) in [7, 11) is 5.19. The molecule has 1 aromatic carbocycles. The number of benzene rings is 1. The van der Waals surface area contributed by atoms with Gasteiger partial charge in [0.25, 0.3) is 0 Å². The maximum atomic E-state index is 5.15. The van der Waals surface area contributed by atoms with Crippen LogP contribution in [0.15, 0.2) is 29.3 Å². The van der Waals surface area contributed by atoms with Gasteiger partial charge in [0.05, 0.1) is 7.11 Å². The summed E-state index contributed by atoms with van der Waals surface area (Å²) < 4.78 is 10.2. The first-order chi connectivity index (χ1) is 10.3. The van der Waals surface area contributed by atoms with Crippen LogP contribution < -0.4 is 15.4 Å². The molecule has 0 fully saturated rings. The van der Waals surface area contributed by atoms with E-state index in [1.807, 2.05) is 12.1 Å². The van der Waals surface area contributed by atoms with Crippen LogP contribution in [0.3, 0.4) is 0 Å². The molecule has 0 aromatic heterocycles. The lowest BCUT2D eigenvalue weighted by atomic mass is 10.1. The Morgan fingerprint density at radius 1 is 1.05 bits per heavy atom. The molecule has 1 rings (SSSR count). The summed E-state index contributed by atoms with van der Waals surface area (Å²) in [6.07, 6.45) is 3.08. The molecule has 0 amide bonds. The van der Waals surface area contributed by atoms with E-state index in [1.165, 1.54) is 5.56 Å². The summed E-state index contributed by atoms with van der Waals surface area (Å²) in [6, 6.07) is 8.21. The average molecular weight is 421 g/mol. The van der Waals surface area contributed by atoms with Crippen LogP contribution in [0.25, 0.3) is 0 Å². The van der Waals surface area contributed by atoms with E-state index >= 15 is 0 Å². The predicted octanol–water partition coefficient (Wildman–Crippen LogP) is 2.45. The van der Waals surface area contributed by atoms with Crippen molar-refractivity contribution in [1.82, 2.24) is 10.6 Å². The normalized spacial score (nSPS) is 10.8. The van der Waals surface area contributed by atoms with Crippen molar-refractivity contribution in [2.75, 3.05) is 41.0 Å². The first-order valence-corrected chi connectivity index (χ1v) is 7.36. The Balaban J connectivity index is 0.00000441. The summed E-state index contributed by atoms with van der Waals surface area (Å²) in [5.41, 5.74) is 1.32. The minimum atomic E-state index is 0. The van der Waals surface area contributed by atoms with E-state index in [1.54, 1.807) is 21.3 Å². The molecule has 2 N–H and O–H groups in total. The van der Waals surface area contributed by atoms with Gasteiger partial charge in [-0.1, -0.05) is 12.1 Å². The molecule has 0 saturated carbocycles. The van der Waals surface area contributed by atoms with Crippen molar-refractivity contribution in [3.05, 3.63) is 29.8 Å². The molecule has 0 saturated heterocycles. The number of aryl methyl sites for hydroxylation is 1. The van der Waals surface area contributed by atoms with Crippen molar-refractivity contribution in [2.45, 2.75) is 19.3 Å². The Morgan fingerprint density at radius 3 is 2.23 bits per heavy atom. The van der Waals surface area contributed by atoms with Crippen molar-refractivity contribution in [2.24, 2.45) is 4.99 Å². The summed E-state index contributed by atoms with van der Waals surface area (Å²) in [4.78, 5) is 4.19. The molecule has 0 bridgehead atoms. The molecule has 0 aliphatic rings. The number of nitrogens with zero attached hydrogens (tertiary/aromatic N) is 1. The fraction of sp³-hybridized carbons (Fsp3) is 0.562. The average Bonchev–Trinajstić information content (AvgIpc) is 2.54. The molecule has 5 nitrogen and oxygen atoms in total. The molecule has 22 heavy (non-hydrogen) atoms. The monoisotopic (exact) mass is 421 g/mol.